The summed E-state index contributed by atoms with van der Waals surface area (Å²) in [5.41, 5.74) is 1.48. The third-order valence-electron chi connectivity index (χ3n) is 5.85. The first-order valence-electron chi connectivity index (χ1n) is 10.7. The third-order valence-corrected chi connectivity index (χ3v) is 5.85. The van der Waals surface area contributed by atoms with E-state index in [4.69, 9.17) is 19.6 Å². The second-order valence-corrected chi connectivity index (χ2v) is 7.95. The first-order valence-corrected chi connectivity index (χ1v) is 10.7. The number of morpholine rings is 1. The van der Waals surface area contributed by atoms with Gasteiger partial charge in [0.1, 0.15) is 11.9 Å². The number of aromatic nitrogens is 6. The fourth-order valence-corrected chi connectivity index (χ4v) is 4.19. The van der Waals surface area contributed by atoms with Crippen LogP contribution in [0.25, 0.3) is 22.3 Å². The molecule has 4 heterocycles. The van der Waals surface area contributed by atoms with Gasteiger partial charge in [-0.05, 0) is 37.0 Å². The molecule has 2 fully saturated rings. The van der Waals surface area contributed by atoms with Crippen LogP contribution < -0.4 is 15.0 Å². The molecule has 1 aliphatic heterocycles. The van der Waals surface area contributed by atoms with Gasteiger partial charge in [0, 0.05) is 37.0 Å². The highest BCUT2D eigenvalue weighted by Gasteiger charge is 2.25. The van der Waals surface area contributed by atoms with Crippen molar-refractivity contribution in [2.75, 3.05) is 31.2 Å². The van der Waals surface area contributed by atoms with Crippen molar-refractivity contribution in [1.82, 2.24) is 35.9 Å². The molecule has 0 radical (unpaired) electrons. The summed E-state index contributed by atoms with van der Waals surface area (Å²) >= 11 is 0. The molecule has 1 aliphatic carbocycles. The number of nitrogens with zero attached hydrogens (tertiary/aromatic N) is 6. The Hall–Kier alpha value is -3.54. The lowest BCUT2D eigenvalue weighted by molar-refractivity contribution is 0.121. The van der Waals surface area contributed by atoms with Crippen molar-refractivity contribution in [2.45, 2.75) is 37.8 Å². The van der Waals surface area contributed by atoms with Crippen LogP contribution in [0.4, 0.5) is 10.6 Å². The van der Waals surface area contributed by atoms with Crippen LogP contribution in [0.1, 0.15) is 25.7 Å². The van der Waals surface area contributed by atoms with Crippen molar-refractivity contribution in [3.8, 4) is 17.3 Å². The summed E-state index contributed by atoms with van der Waals surface area (Å²) in [5, 5.41) is 26.4. The van der Waals surface area contributed by atoms with Gasteiger partial charge in [-0.1, -0.05) is 0 Å². The van der Waals surface area contributed by atoms with Crippen molar-refractivity contribution < 1.29 is 19.4 Å². The highest BCUT2D eigenvalue weighted by Crippen LogP contribution is 2.32. The number of pyridine rings is 2. The summed E-state index contributed by atoms with van der Waals surface area (Å²) in [6.45, 7) is 2.82. The van der Waals surface area contributed by atoms with Gasteiger partial charge in [-0.25, -0.2) is 4.79 Å². The molecule has 0 unspecified atom stereocenters. The third kappa shape index (κ3) is 4.40. The highest BCUT2D eigenvalue weighted by molar-refractivity contribution is 5.88. The number of fused-ring (bicyclic) bond motifs is 1. The first kappa shape index (κ1) is 20.4. The second-order valence-electron chi connectivity index (χ2n) is 7.95. The average Bonchev–Trinajstić information content (AvgIpc) is 3.35. The van der Waals surface area contributed by atoms with Crippen LogP contribution in [-0.4, -0.2) is 80.2 Å². The van der Waals surface area contributed by atoms with E-state index in [0.717, 1.165) is 55.5 Å². The minimum atomic E-state index is -0.986. The van der Waals surface area contributed by atoms with E-state index in [1.54, 1.807) is 6.20 Å². The first-order chi connectivity index (χ1) is 15.7. The Balaban J connectivity index is 1.45. The van der Waals surface area contributed by atoms with Crippen LogP contribution in [0.3, 0.4) is 0 Å². The van der Waals surface area contributed by atoms with Crippen LogP contribution in [-0.2, 0) is 4.74 Å². The number of hydrogen-bond donors (Lipinski definition) is 3. The molecule has 3 aromatic heterocycles. The maximum Gasteiger partial charge on any atom is 0.404 e. The predicted molar refractivity (Wildman–Crippen MR) is 114 cm³/mol. The predicted octanol–water partition coefficient (Wildman–Crippen LogP) is 1.60. The monoisotopic (exact) mass is 440 g/mol. The van der Waals surface area contributed by atoms with Crippen LogP contribution in [0.5, 0.6) is 5.88 Å². The molecule has 168 valence electrons. The minimum absolute atomic E-state index is 0.0387. The highest BCUT2D eigenvalue weighted by atomic mass is 16.5. The SMILES string of the molecule is O=C(O)NC1CCC(Oc2nc(N3CCOCC3)cc3ncc(-c4nn[nH]n4)cc23)CC1. The fourth-order valence-electron chi connectivity index (χ4n) is 4.19. The molecule has 32 heavy (non-hydrogen) atoms. The Morgan fingerprint density at radius 1 is 1.22 bits per heavy atom. The maximum atomic E-state index is 10.9. The van der Waals surface area contributed by atoms with Gasteiger partial charge in [0.2, 0.25) is 11.7 Å². The van der Waals surface area contributed by atoms with E-state index in [2.05, 4.69) is 35.8 Å². The van der Waals surface area contributed by atoms with Crippen LogP contribution in [0, 0.1) is 0 Å². The number of hydrogen-bond acceptors (Lipinski definition) is 9. The van der Waals surface area contributed by atoms with E-state index in [9.17, 15) is 4.79 Å². The molecule has 5 rings (SSSR count). The number of aromatic amines is 1. The van der Waals surface area contributed by atoms with Gasteiger partial charge in [0.25, 0.3) is 0 Å². The molecule has 0 spiro atoms. The number of carboxylic acid groups (broad SMARTS) is 1. The number of carbonyl (C=O) groups is 1. The summed E-state index contributed by atoms with van der Waals surface area (Å²) in [6, 6.07) is 3.83. The van der Waals surface area contributed by atoms with Crippen molar-refractivity contribution in [3.05, 3.63) is 18.3 Å². The zero-order valence-electron chi connectivity index (χ0n) is 17.4. The molecular formula is C20H24N8O4. The Bertz CT molecular complexity index is 1080. The lowest BCUT2D eigenvalue weighted by Gasteiger charge is -2.30. The smallest absolute Gasteiger partial charge is 0.404 e. The molecular weight excluding hydrogens is 416 g/mol. The van der Waals surface area contributed by atoms with Gasteiger partial charge in [-0.15, -0.1) is 10.2 Å². The minimum Gasteiger partial charge on any atom is -0.474 e. The van der Waals surface area contributed by atoms with E-state index < -0.39 is 6.09 Å². The van der Waals surface area contributed by atoms with E-state index in [0.29, 0.717) is 30.5 Å². The molecule has 0 bridgehead atoms. The van der Waals surface area contributed by atoms with Gasteiger partial charge < -0.3 is 24.8 Å². The average molecular weight is 440 g/mol. The van der Waals surface area contributed by atoms with Crippen molar-refractivity contribution >= 4 is 22.8 Å². The number of amides is 1. The summed E-state index contributed by atoms with van der Waals surface area (Å²) in [4.78, 5) is 22.5. The number of anilines is 1. The van der Waals surface area contributed by atoms with Gasteiger partial charge in [-0.2, -0.15) is 10.2 Å². The second kappa shape index (κ2) is 8.91. The number of ether oxygens (including phenoxy) is 2. The lowest BCUT2D eigenvalue weighted by atomic mass is 9.93. The fraction of sp³-hybridized carbons (Fsp3) is 0.500. The molecule has 1 saturated heterocycles. The Kier molecular flexibility index (Phi) is 5.67. The molecule has 0 atom stereocenters. The summed E-state index contributed by atoms with van der Waals surface area (Å²) in [6.07, 6.45) is 3.62. The molecule has 3 N–H and O–H groups in total. The van der Waals surface area contributed by atoms with Crippen molar-refractivity contribution in [1.29, 1.82) is 0 Å². The Morgan fingerprint density at radius 3 is 2.75 bits per heavy atom. The van der Waals surface area contributed by atoms with Crippen molar-refractivity contribution in [2.24, 2.45) is 0 Å². The van der Waals surface area contributed by atoms with E-state index in [-0.39, 0.29) is 12.1 Å². The number of nitrogens with one attached hydrogen (secondary N) is 2. The molecule has 12 heteroatoms. The standard InChI is InChI=1S/C20H24N8O4/c29-20(30)22-13-1-3-14(4-2-13)32-19-15-9-12(18-24-26-27-25-18)11-21-16(15)10-17(23-19)28-5-7-31-8-6-28/h9-11,13-14,22H,1-8H2,(H,29,30)(H,24,25,26,27). The zero-order valence-corrected chi connectivity index (χ0v) is 17.4. The van der Waals surface area contributed by atoms with E-state index in [1.807, 2.05) is 12.1 Å². The van der Waals surface area contributed by atoms with Gasteiger partial charge in [0.15, 0.2) is 0 Å². The van der Waals surface area contributed by atoms with Crippen LogP contribution in [0.2, 0.25) is 0 Å². The van der Waals surface area contributed by atoms with Gasteiger partial charge in [0.05, 0.1) is 24.1 Å². The molecule has 1 amide bonds. The summed E-state index contributed by atoms with van der Waals surface area (Å²) in [5.74, 6) is 1.76. The van der Waals surface area contributed by atoms with Gasteiger partial charge >= 0.3 is 6.09 Å². The summed E-state index contributed by atoms with van der Waals surface area (Å²) in [7, 11) is 0. The van der Waals surface area contributed by atoms with Crippen LogP contribution >= 0.6 is 0 Å². The number of rotatable bonds is 5. The molecule has 1 saturated carbocycles. The lowest BCUT2D eigenvalue weighted by Crippen LogP contribution is -2.39. The quantitative estimate of drug-likeness (QED) is 0.533. The molecule has 3 aromatic rings. The molecule has 0 aromatic carbocycles. The van der Waals surface area contributed by atoms with E-state index in [1.165, 1.54) is 0 Å². The number of tetrazole rings is 1. The molecule has 2 aliphatic rings. The van der Waals surface area contributed by atoms with E-state index >= 15 is 0 Å². The molecule has 12 nitrogen and oxygen atoms in total. The number of H-pyrrole nitrogens is 1. The normalized spacial score (nSPS) is 21.4. The Labute approximate surface area is 183 Å². The maximum absolute atomic E-state index is 10.9. The van der Waals surface area contributed by atoms with Crippen LogP contribution in [0.15, 0.2) is 18.3 Å². The van der Waals surface area contributed by atoms with Gasteiger partial charge in [-0.3, -0.25) is 4.98 Å². The largest absolute Gasteiger partial charge is 0.474 e. The van der Waals surface area contributed by atoms with Crippen molar-refractivity contribution in [3.63, 3.8) is 0 Å². The zero-order chi connectivity index (χ0) is 21.9. The topological polar surface area (TPSA) is 151 Å². The summed E-state index contributed by atoms with van der Waals surface area (Å²) < 4.78 is 11.8. The Morgan fingerprint density at radius 2 is 2.03 bits per heavy atom.